The molecule has 0 heterocycles. The molecule has 0 aliphatic rings. The van der Waals surface area contributed by atoms with Crippen LogP contribution in [0.25, 0.3) is 0 Å². The van der Waals surface area contributed by atoms with Gasteiger partial charge in [-0.1, -0.05) is 18.2 Å². The number of aromatic hydroxyl groups is 1. The molecule has 0 aromatic heterocycles. The third-order valence-corrected chi connectivity index (χ3v) is 4.65. The lowest BCUT2D eigenvalue weighted by Gasteiger charge is -2.09. The van der Waals surface area contributed by atoms with Crippen molar-refractivity contribution in [2.45, 2.75) is 9.79 Å². The molecule has 0 bridgehead atoms. The summed E-state index contributed by atoms with van der Waals surface area (Å²) in [4.78, 5) is 0.821. The van der Waals surface area contributed by atoms with Gasteiger partial charge in [0.1, 0.15) is 5.75 Å². The van der Waals surface area contributed by atoms with E-state index >= 15 is 0 Å². The van der Waals surface area contributed by atoms with E-state index < -0.39 is 10.0 Å². The Balaban J connectivity index is 2.31. The first-order valence-electron chi connectivity index (χ1n) is 5.48. The van der Waals surface area contributed by atoms with E-state index in [-0.39, 0.29) is 10.6 Å². The van der Waals surface area contributed by atoms with Gasteiger partial charge in [0.25, 0.3) is 10.0 Å². The van der Waals surface area contributed by atoms with Crippen molar-refractivity contribution in [3.63, 3.8) is 0 Å². The summed E-state index contributed by atoms with van der Waals surface area (Å²) in [6.45, 7) is 0. The van der Waals surface area contributed by atoms with E-state index in [9.17, 15) is 13.5 Å². The minimum atomic E-state index is -3.59. The fourth-order valence-corrected chi connectivity index (χ4v) is 3.15. The molecule has 0 aliphatic heterocycles. The minimum absolute atomic E-state index is 0.134. The smallest absolute Gasteiger partial charge is 0.261 e. The number of rotatable bonds is 4. The molecule has 0 saturated heterocycles. The van der Waals surface area contributed by atoms with Gasteiger partial charge in [-0.15, -0.1) is 11.8 Å². The summed E-state index contributed by atoms with van der Waals surface area (Å²) < 4.78 is 26.7. The number of hydrogen-bond acceptors (Lipinski definition) is 4. The largest absolute Gasteiger partial charge is 0.507 e. The van der Waals surface area contributed by atoms with Gasteiger partial charge in [0.2, 0.25) is 0 Å². The Morgan fingerprint density at radius 2 is 1.79 bits per heavy atom. The second kappa shape index (κ2) is 5.54. The molecule has 2 aromatic rings. The third kappa shape index (κ3) is 3.21. The summed E-state index contributed by atoms with van der Waals surface area (Å²) >= 11 is 1.35. The monoisotopic (exact) mass is 295 g/mol. The average molecular weight is 295 g/mol. The van der Waals surface area contributed by atoms with Crippen LogP contribution in [-0.4, -0.2) is 19.8 Å². The van der Waals surface area contributed by atoms with Gasteiger partial charge in [0.05, 0.1) is 15.5 Å². The van der Waals surface area contributed by atoms with Crippen LogP contribution in [0.1, 0.15) is 0 Å². The predicted molar refractivity (Wildman–Crippen MR) is 77.1 cm³/mol. The molecule has 0 spiro atoms. The SMILES string of the molecule is CSc1cc(NS(=O)(=O)c2ccccc2)ccc1O. The van der Waals surface area contributed by atoms with Gasteiger partial charge in [-0.05, 0) is 36.6 Å². The van der Waals surface area contributed by atoms with E-state index in [1.165, 1.54) is 36.0 Å². The molecule has 2 rings (SSSR count). The Kier molecular flexibility index (Phi) is 4.01. The van der Waals surface area contributed by atoms with Crippen LogP contribution >= 0.6 is 11.8 Å². The molecule has 2 aromatic carbocycles. The highest BCUT2D eigenvalue weighted by Crippen LogP contribution is 2.30. The number of sulfonamides is 1. The number of benzene rings is 2. The fourth-order valence-electron chi connectivity index (χ4n) is 1.55. The molecule has 6 heteroatoms. The van der Waals surface area contributed by atoms with Gasteiger partial charge in [0, 0.05) is 0 Å². The highest BCUT2D eigenvalue weighted by Gasteiger charge is 2.14. The summed E-state index contributed by atoms with van der Waals surface area (Å²) in [6, 6.07) is 12.7. The second-order valence-corrected chi connectivity index (χ2v) is 6.34. The maximum absolute atomic E-state index is 12.1. The van der Waals surface area contributed by atoms with Gasteiger partial charge >= 0.3 is 0 Å². The molecule has 4 nitrogen and oxygen atoms in total. The zero-order valence-electron chi connectivity index (χ0n) is 10.2. The van der Waals surface area contributed by atoms with Gasteiger partial charge in [-0.25, -0.2) is 8.42 Å². The van der Waals surface area contributed by atoms with E-state index in [2.05, 4.69) is 4.72 Å². The second-order valence-electron chi connectivity index (χ2n) is 3.81. The first-order chi connectivity index (χ1) is 9.03. The van der Waals surface area contributed by atoms with Crippen LogP contribution in [0.4, 0.5) is 5.69 Å². The van der Waals surface area contributed by atoms with Crippen molar-refractivity contribution in [1.82, 2.24) is 0 Å². The van der Waals surface area contributed by atoms with E-state index in [4.69, 9.17) is 0 Å². The maximum Gasteiger partial charge on any atom is 0.261 e. The normalized spacial score (nSPS) is 11.2. The molecule has 0 amide bonds. The maximum atomic E-state index is 12.1. The lowest BCUT2D eigenvalue weighted by Crippen LogP contribution is -2.12. The molecular weight excluding hydrogens is 282 g/mol. The van der Waals surface area contributed by atoms with Crippen molar-refractivity contribution in [2.24, 2.45) is 0 Å². The summed E-state index contributed by atoms with van der Waals surface area (Å²) in [5.41, 5.74) is 0.422. The Morgan fingerprint density at radius 3 is 2.42 bits per heavy atom. The van der Waals surface area contributed by atoms with Crippen molar-refractivity contribution in [2.75, 3.05) is 11.0 Å². The first kappa shape index (κ1) is 13.8. The lowest BCUT2D eigenvalue weighted by atomic mass is 10.3. The number of hydrogen-bond donors (Lipinski definition) is 2. The van der Waals surface area contributed by atoms with E-state index in [0.717, 1.165) is 0 Å². The number of nitrogens with one attached hydrogen (secondary N) is 1. The van der Waals surface area contributed by atoms with E-state index in [1.54, 1.807) is 24.3 Å². The molecule has 0 aliphatic carbocycles. The molecule has 0 radical (unpaired) electrons. The van der Waals surface area contributed by atoms with Crippen LogP contribution in [0.3, 0.4) is 0 Å². The van der Waals surface area contributed by atoms with Crippen LogP contribution in [-0.2, 0) is 10.0 Å². The highest BCUT2D eigenvalue weighted by atomic mass is 32.2. The number of thioether (sulfide) groups is 1. The Bertz CT molecular complexity index is 670. The van der Waals surface area contributed by atoms with Crippen LogP contribution < -0.4 is 4.72 Å². The topological polar surface area (TPSA) is 66.4 Å². The molecule has 0 unspecified atom stereocenters. The summed E-state index contributed by atoms with van der Waals surface area (Å²) in [6.07, 6.45) is 1.81. The predicted octanol–water partition coefficient (Wildman–Crippen LogP) is 2.91. The Labute approximate surface area is 116 Å². The third-order valence-electron chi connectivity index (χ3n) is 2.49. The van der Waals surface area contributed by atoms with Crippen LogP contribution in [0.15, 0.2) is 58.3 Å². The first-order valence-corrected chi connectivity index (χ1v) is 8.18. The van der Waals surface area contributed by atoms with Crippen LogP contribution in [0, 0.1) is 0 Å². The standard InChI is InChI=1S/C13H13NO3S2/c1-18-13-9-10(7-8-12(13)15)14-19(16,17)11-5-3-2-4-6-11/h2-9,14-15H,1H3. The lowest BCUT2D eigenvalue weighted by molar-refractivity contribution is 0.462. The summed E-state index contributed by atoms with van der Waals surface area (Å²) in [5.74, 6) is 0.134. The quantitative estimate of drug-likeness (QED) is 0.672. The highest BCUT2D eigenvalue weighted by molar-refractivity contribution is 7.98. The number of anilines is 1. The van der Waals surface area contributed by atoms with Crippen molar-refractivity contribution in [1.29, 1.82) is 0 Å². The number of phenols is 1. The molecule has 0 atom stereocenters. The zero-order chi connectivity index (χ0) is 13.9. The Hall–Kier alpha value is -1.66. The summed E-state index contributed by atoms with van der Waals surface area (Å²) in [7, 11) is -3.59. The minimum Gasteiger partial charge on any atom is -0.507 e. The Morgan fingerprint density at radius 1 is 1.11 bits per heavy atom. The van der Waals surface area contributed by atoms with Crippen molar-refractivity contribution in [3.05, 3.63) is 48.5 Å². The van der Waals surface area contributed by atoms with Crippen molar-refractivity contribution in [3.8, 4) is 5.75 Å². The van der Waals surface area contributed by atoms with Gasteiger partial charge in [-0.2, -0.15) is 0 Å². The average Bonchev–Trinajstić information content (AvgIpc) is 2.42. The van der Waals surface area contributed by atoms with Gasteiger partial charge in [0.15, 0.2) is 0 Å². The van der Waals surface area contributed by atoms with E-state index in [0.29, 0.717) is 10.6 Å². The van der Waals surface area contributed by atoms with Gasteiger partial charge in [-0.3, -0.25) is 4.72 Å². The zero-order valence-corrected chi connectivity index (χ0v) is 11.8. The van der Waals surface area contributed by atoms with Crippen molar-refractivity contribution < 1.29 is 13.5 Å². The van der Waals surface area contributed by atoms with Gasteiger partial charge < -0.3 is 5.11 Å². The molecule has 0 saturated carbocycles. The molecular formula is C13H13NO3S2. The fraction of sp³-hybridized carbons (Fsp3) is 0.0769. The van der Waals surface area contributed by atoms with Crippen LogP contribution in [0.2, 0.25) is 0 Å². The van der Waals surface area contributed by atoms with Crippen molar-refractivity contribution >= 4 is 27.5 Å². The van der Waals surface area contributed by atoms with E-state index in [1.807, 2.05) is 6.26 Å². The molecule has 100 valence electrons. The summed E-state index contributed by atoms with van der Waals surface area (Å²) in [5, 5.41) is 9.55. The molecule has 0 fully saturated rings. The van der Waals surface area contributed by atoms with Crippen LogP contribution in [0.5, 0.6) is 5.75 Å². The molecule has 2 N–H and O–H groups in total. The molecule has 19 heavy (non-hydrogen) atoms. The number of phenolic OH excluding ortho intramolecular Hbond substituents is 1.